The summed E-state index contributed by atoms with van der Waals surface area (Å²) in [5.41, 5.74) is 6.20. The molecule has 1 aromatic carbocycles. The van der Waals surface area contributed by atoms with Crippen molar-refractivity contribution >= 4 is 5.91 Å². The number of carbonyl (C=O) groups excluding carboxylic acids is 1. The van der Waals surface area contributed by atoms with Crippen molar-refractivity contribution in [2.24, 2.45) is 5.73 Å². The topological polar surface area (TPSA) is 73.6 Å². The minimum atomic E-state index is -0.291. The number of nitrogens with two attached hydrogens (primary N) is 1. The molecule has 2 rings (SSSR count). The van der Waals surface area contributed by atoms with E-state index in [4.69, 9.17) is 15.2 Å². The lowest BCUT2D eigenvalue weighted by atomic mass is 10.00. The molecular weight excluding hydrogens is 232 g/mol. The first-order chi connectivity index (χ1) is 8.70. The van der Waals surface area contributed by atoms with Gasteiger partial charge in [0.2, 0.25) is 5.91 Å². The molecule has 1 aliphatic heterocycles. The normalized spacial score (nSPS) is 17.7. The lowest BCUT2D eigenvalue weighted by Crippen LogP contribution is -2.30. The first kappa shape index (κ1) is 12.7. The molecule has 5 heteroatoms. The Balaban J connectivity index is 2.08. The molecule has 1 aliphatic rings. The van der Waals surface area contributed by atoms with Crippen molar-refractivity contribution in [3.63, 3.8) is 0 Å². The van der Waals surface area contributed by atoms with Crippen LogP contribution in [-0.2, 0) is 4.79 Å². The Hall–Kier alpha value is -1.75. The van der Waals surface area contributed by atoms with Gasteiger partial charge in [-0.25, -0.2) is 0 Å². The second-order valence-corrected chi connectivity index (χ2v) is 4.26. The minimum Gasteiger partial charge on any atom is -0.497 e. The largest absolute Gasteiger partial charge is 0.497 e. The molecule has 0 aromatic heterocycles. The van der Waals surface area contributed by atoms with Gasteiger partial charge in [0, 0.05) is 31.0 Å². The molecule has 0 bridgehead atoms. The van der Waals surface area contributed by atoms with Gasteiger partial charge in [-0.2, -0.15) is 0 Å². The summed E-state index contributed by atoms with van der Waals surface area (Å²) in [6.07, 6.45) is 1.22. The van der Waals surface area contributed by atoms with Crippen LogP contribution < -0.4 is 20.5 Å². The fourth-order valence-electron chi connectivity index (χ4n) is 2.08. The first-order valence-electron chi connectivity index (χ1n) is 6.03. The van der Waals surface area contributed by atoms with Crippen LogP contribution in [0.15, 0.2) is 18.2 Å². The van der Waals surface area contributed by atoms with Gasteiger partial charge < -0.3 is 20.5 Å². The average molecular weight is 250 g/mol. The first-order valence-corrected chi connectivity index (χ1v) is 6.03. The van der Waals surface area contributed by atoms with Crippen molar-refractivity contribution in [1.29, 1.82) is 0 Å². The van der Waals surface area contributed by atoms with E-state index in [1.165, 1.54) is 0 Å². The molecule has 1 amide bonds. The minimum absolute atomic E-state index is 0.184. The Kier molecular flexibility index (Phi) is 4.04. The number of carbonyl (C=O) groups is 1. The molecule has 0 spiro atoms. The molecule has 0 saturated carbocycles. The zero-order valence-electron chi connectivity index (χ0n) is 10.4. The summed E-state index contributed by atoms with van der Waals surface area (Å²) in [5.74, 6) is 1.39. The number of rotatable bonds is 5. The third-order valence-corrected chi connectivity index (χ3v) is 3.02. The lowest BCUT2D eigenvalue weighted by Gasteiger charge is -2.27. The van der Waals surface area contributed by atoms with Crippen molar-refractivity contribution in [2.75, 3.05) is 20.3 Å². The average Bonchev–Trinajstić information content (AvgIpc) is 2.38. The van der Waals surface area contributed by atoms with Gasteiger partial charge in [-0.15, -0.1) is 0 Å². The van der Waals surface area contributed by atoms with Crippen LogP contribution in [0.1, 0.15) is 24.4 Å². The van der Waals surface area contributed by atoms with Crippen LogP contribution in [-0.4, -0.2) is 26.2 Å². The predicted octanol–water partition coefficient (Wildman–Crippen LogP) is 0.984. The summed E-state index contributed by atoms with van der Waals surface area (Å²) < 4.78 is 10.8. The summed E-state index contributed by atoms with van der Waals surface area (Å²) in [6, 6.07) is 5.94. The van der Waals surface area contributed by atoms with Crippen LogP contribution >= 0.6 is 0 Å². The highest BCUT2D eigenvalue weighted by Gasteiger charge is 2.21. The maximum atomic E-state index is 10.7. The van der Waals surface area contributed by atoms with Crippen molar-refractivity contribution in [3.8, 4) is 11.5 Å². The number of amides is 1. The van der Waals surface area contributed by atoms with E-state index in [-0.39, 0.29) is 11.9 Å². The third-order valence-electron chi connectivity index (χ3n) is 3.02. The molecule has 1 atom stereocenters. The highest BCUT2D eigenvalue weighted by atomic mass is 16.5. The number of hydrogen-bond acceptors (Lipinski definition) is 4. The van der Waals surface area contributed by atoms with E-state index in [0.717, 1.165) is 23.5 Å². The number of primary amides is 1. The highest BCUT2D eigenvalue weighted by Crippen LogP contribution is 2.34. The van der Waals surface area contributed by atoms with Gasteiger partial charge in [0.25, 0.3) is 0 Å². The van der Waals surface area contributed by atoms with E-state index in [1.54, 1.807) is 7.11 Å². The van der Waals surface area contributed by atoms with E-state index < -0.39 is 0 Å². The number of nitrogens with one attached hydrogen (secondary N) is 1. The molecule has 0 saturated heterocycles. The SMILES string of the molecule is COc1ccc2c(c1)C(NCCC(N)=O)CCO2. The monoisotopic (exact) mass is 250 g/mol. The number of fused-ring (bicyclic) bond motifs is 1. The van der Waals surface area contributed by atoms with E-state index in [0.29, 0.717) is 19.6 Å². The molecule has 0 radical (unpaired) electrons. The van der Waals surface area contributed by atoms with E-state index >= 15 is 0 Å². The van der Waals surface area contributed by atoms with Gasteiger partial charge in [-0.3, -0.25) is 4.79 Å². The molecular formula is C13H18N2O3. The van der Waals surface area contributed by atoms with E-state index in [9.17, 15) is 4.79 Å². The quantitative estimate of drug-likeness (QED) is 0.817. The zero-order chi connectivity index (χ0) is 13.0. The van der Waals surface area contributed by atoms with Gasteiger partial charge in [0.1, 0.15) is 11.5 Å². The van der Waals surface area contributed by atoms with Gasteiger partial charge in [-0.05, 0) is 18.2 Å². The summed E-state index contributed by atoms with van der Waals surface area (Å²) in [7, 11) is 1.64. The Morgan fingerprint density at radius 3 is 3.17 bits per heavy atom. The van der Waals surface area contributed by atoms with Crippen LogP contribution in [0.5, 0.6) is 11.5 Å². The highest BCUT2D eigenvalue weighted by molar-refractivity contribution is 5.73. The second-order valence-electron chi connectivity index (χ2n) is 4.26. The maximum Gasteiger partial charge on any atom is 0.218 e. The van der Waals surface area contributed by atoms with E-state index in [1.807, 2.05) is 18.2 Å². The Morgan fingerprint density at radius 1 is 1.61 bits per heavy atom. The summed E-state index contributed by atoms with van der Waals surface area (Å²) in [5, 5.41) is 3.32. The van der Waals surface area contributed by atoms with Gasteiger partial charge in [0.05, 0.1) is 13.7 Å². The van der Waals surface area contributed by atoms with Gasteiger partial charge in [-0.1, -0.05) is 0 Å². The lowest BCUT2D eigenvalue weighted by molar-refractivity contribution is -0.117. The van der Waals surface area contributed by atoms with Crippen LogP contribution in [0.4, 0.5) is 0 Å². The van der Waals surface area contributed by atoms with Crippen LogP contribution in [0.3, 0.4) is 0 Å². The fraction of sp³-hybridized carbons (Fsp3) is 0.462. The molecule has 5 nitrogen and oxygen atoms in total. The van der Waals surface area contributed by atoms with Gasteiger partial charge >= 0.3 is 0 Å². The Morgan fingerprint density at radius 2 is 2.44 bits per heavy atom. The van der Waals surface area contributed by atoms with E-state index in [2.05, 4.69) is 5.32 Å². The van der Waals surface area contributed by atoms with Crippen molar-refractivity contribution in [3.05, 3.63) is 23.8 Å². The zero-order valence-corrected chi connectivity index (χ0v) is 10.4. The molecule has 1 aromatic rings. The Labute approximate surface area is 106 Å². The van der Waals surface area contributed by atoms with Crippen molar-refractivity contribution in [2.45, 2.75) is 18.9 Å². The van der Waals surface area contributed by atoms with Crippen LogP contribution in [0, 0.1) is 0 Å². The summed E-state index contributed by atoms with van der Waals surface area (Å²) >= 11 is 0. The molecule has 98 valence electrons. The molecule has 18 heavy (non-hydrogen) atoms. The second kappa shape index (κ2) is 5.73. The molecule has 0 fully saturated rings. The van der Waals surface area contributed by atoms with Crippen LogP contribution in [0.2, 0.25) is 0 Å². The number of methoxy groups -OCH3 is 1. The molecule has 1 heterocycles. The maximum absolute atomic E-state index is 10.7. The standard InChI is InChI=1S/C13H18N2O3/c1-17-9-2-3-12-10(8-9)11(5-7-18-12)15-6-4-13(14)16/h2-3,8,11,15H,4-7H2,1H3,(H2,14,16). The predicted molar refractivity (Wildman–Crippen MR) is 67.7 cm³/mol. The third kappa shape index (κ3) is 2.92. The molecule has 1 unspecified atom stereocenters. The van der Waals surface area contributed by atoms with Crippen LogP contribution in [0.25, 0.3) is 0 Å². The summed E-state index contributed by atoms with van der Waals surface area (Å²) in [6.45, 7) is 1.25. The summed E-state index contributed by atoms with van der Waals surface area (Å²) in [4.78, 5) is 10.7. The van der Waals surface area contributed by atoms with Crippen molar-refractivity contribution < 1.29 is 14.3 Å². The molecule has 3 N–H and O–H groups in total. The number of benzene rings is 1. The smallest absolute Gasteiger partial charge is 0.218 e. The van der Waals surface area contributed by atoms with Gasteiger partial charge in [0.15, 0.2) is 0 Å². The molecule has 0 aliphatic carbocycles. The Bertz CT molecular complexity index is 434. The fourth-order valence-corrected chi connectivity index (χ4v) is 2.08. The van der Waals surface area contributed by atoms with Crippen molar-refractivity contribution in [1.82, 2.24) is 5.32 Å². The number of hydrogen-bond donors (Lipinski definition) is 2. The number of ether oxygens (including phenoxy) is 2.